The van der Waals surface area contributed by atoms with Crippen molar-refractivity contribution in [3.8, 4) is 28.3 Å². The van der Waals surface area contributed by atoms with Crippen molar-refractivity contribution in [2.75, 3.05) is 6.54 Å². The van der Waals surface area contributed by atoms with Gasteiger partial charge in [-0.2, -0.15) is 10.2 Å². The molecule has 322 valence electrons. The monoisotopic (exact) mass is 857 g/mol. The van der Waals surface area contributed by atoms with Crippen molar-refractivity contribution in [2.24, 2.45) is 5.92 Å². The van der Waals surface area contributed by atoms with Crippen LogP contribution in [-0.2, 0) is 24.9 Å². The lowest BCUT2D eigenvalue weighted by molar-refractivity contribution is 0.0721. The summed E-state index contributed by atoms with van der Waals surface area (Å²) in [5, 5.41) is 18.4. The zero-order chi connectivity index (χ0) is 44.3. The van der Waals surface area contributed by atoms with E-state index in [9.17, 15) is 9.59 Å². The number of amides is 1. The van der Waals surface area contributed by atoms with Gasteiger partial charge in [0.15, 0.2) is 5.82 Å². The van der Waals surface area contributed by atoms with Crippen LogP contribution >= 0.6 is 0 Å². The molecule has 0 radical (unpaired) electrons. The Balaban J connectivity index is 1.05. The van der Waals surface area contributed by atoms with Gasteiger partial charge in [0.05, 0.1) is 34.8 Å². The van der Waals surface area contributed by atoms with Crippen LogP contribution in [0.25, 0.3) is 50.1 Å². The van der Waals surface area contributed by atoms with Crippen LogP contribution in [0.3, 0.4) is 0 Å². The zero-order valence-corrected chi connectivity index (χ0v) is 36.2. The van der Waals surface area contributed by atoms with Crippen molar-refractivity contribution in [1.29, 1.82) is 0 Å². The number of H-pyrrole nitrogens is 2. The zero-order valence-electron chi connectivity index (χ0n) is 36.2. The van der Waals surface area contributed by atoms with Crippen LogP contribution in [0.15, 0.2) is 93.4 Å². The van der Waals surface area contributed by atoms with E-state index < -0.39 is 11.3 Å². The lowest BCUT2D eigenvalue weighted by Crippen LogP contribution is -2.39. The summed E-state index contributed by atoms with van der Waals surface area (Å²) in [5.41, 5.74) is 9.41. The van der Waals surface area contributed by atoms with Crippen LogP contribution in [0.5, 0.6) is 0 Å². The number of aryl methyl sites for hydroxylation is 4. The fraction of sp³-hybridized carbons (Fsp3) is 0.271. The van der Waals surface area contributed by atoms with E-state index in [4.69, 9.17) is 9.62 Å². The molecule has 2 atom stereocenters. The topological polar surface area (TPSA) is 170 Å². The van der Waals surface area contributed by atoms with Crippen LogP contribution in [0.4, 0.5) is 4.39 Å². The summed E-state index contributed by atoms with van der Waals surface area (Å²) in [7, 11) is 0. The van der Waals surface area contributed by atoms with E-state index in [1.54, 1.807) is 57.1 Å². The summed E-state index contributed by atoms with van der Waals surface area (Å²) in [6.07, 6.45) is 7.05. The number of carbonyl (C=O) groups is 1. The third kappa shape index (κ3) is 5.80. The minimum absolute atomic E-state index is 0.0129. The summed E-state index contributed by atoms with van der Waals surface area (Å²) in [4.78, 5) is 51.5. The number of imidazole rings is 1. The van der Waals surface area contributed by atoms with Gasteiger partial charge in [-0.15, -0.1) is 0 Å². The number of nitrogens with one attached hydrogen (secondary N) is 2. The molecule has 1 fully saturated rings. The van der Waals surface area contributed by atoms with Crippen molar-refractivity contribution in [3.63, 3.8) is 0 Å². The second-order valence-electron chi connectivity index (χ2n) is 17.3. The number of halogens is 1. The van der Waals surface area contributed by atoms with Gasteiger partial charge in [-0.25, -0.2) is 18.7 Å². The third-order valence-electron chi connectivity index (χ3n) is 13.5. The number of fused-ring (bicyclic) bond motifs is 3. The standard InChI is InChI=1S/C48H44FN11O4/c1-7-37-28(5)34(12-14-50-37)30-8-11-40-31(20-30)21-41(59(40)48(23-27(48)4)45-51-46(62)64-55-45)44(61)56-15-13-38-36(24-56)43(60(54-38)33-18-25(2)42(49)26(3)19-33)58-17-16-57(47(58)63)32-9-10-35-29(6)52-53-39(35)22-32/h8-12,14,16-22,27H,7,13,15,23-24H2,1-6H3,(H,52,53)(H,51,55,62)/t27-,48-/m0/s1. The molecule has 0 bridgehead atoms. The van der Waals surface area contributed by atoms with Gasteiger partial charge in [-0.05, 0) is 129 Å². The van der Waals surface area contributed by atoms with Gasteiger partial charge in [-0.3, -0.25) is 33.5 Å². The molecule has 2 aliphatic rings. The molecule has 7 heterocycles. The molecule has 2 N–H and O–H groups in total. The SMILES string of the molecule is CCc1nccc(-c2ccc3c(c2)cc(C(=O)N2CCc4nn(-c5cc(C)c(F)c(C)c5)c(-n5ccn(-c6ccc7c(C)n[nH]c7c6)c5=O)c4C2)n3[C@@]2(c3noc(=O)[nH]3)C[C@@H]2C)c1C. The van der Waals surface area contributed by atoms with Crippen LogP contribution in [0.2, 0.25) is 0 Å². The molecule has 16 heteroatoms. The Bertz CT molecular complexity index is 3500. The number of aromatic amines is 2. The highest BCUT2D eigenvalue weighted by molar-refractivity contribution is 6.00. The molecule has 1 aliphatic carbocycles. The first-order valence-electron chi connectivity index (χ1n) is 21.5. The van der Waals surface area contributed by atoms with E-state index in [-0.39, 0.29) is 29.9 Å². The van der Waals surface area contributed by atoms with Crippen molar-refractivity contribution in [2.45, 2.75) is 72.9 Å². The summed E-state index contributed by atoms with van der Waals surface area (Å²) >= 11 is 0. The van der Waals surface area contributed by atoms with Gasteiger partial charge in [0.1, 0.15) is 22.9 Å². The molecule has 1 amide bonds. The molecule has 64 heavy (non-hydrogen) atoms. The molecule has 0 saturated heterocycles. The van der Waals surface area contributed by atoms with Crippen molar-refractivity contribution < 1.29 is 13.7 Å². The first-order valence-corrected chi connectivity index (χ1v) is 21.5. The minimum Gasteiger partial charge on any atom is -0.332 e. The maximum atomic E-state index is 15.4. The van der Waals surface area contributed by atoms with Crippen LogP contribution in [0.1, 0.15) is 75.9 Å². The molecule has 0 spiro atoms. The molecular weight excluding hydrogens is 814 g/mol. The fourth-order valence-electron chi connectivity index (χ4n) is 9.99. The number of hydrogen-bond donors (Lipinski definition) is 2. The number of nitrogens with zero attached hydrogens (tertiary/aromatic N) is 9. The lowest BCUT2D eigenvalue weighted by Gasteiger charge is -2.29. The molecule has 9 aromatic rings. The Morgan fingerprint density at radius 2 is 1.75 bits per heavy atom. The van der Waals surface area contributed by atoms with E-state index in [1.807, 2.05) is 54.1 Å². The molecule has 11 rings (SSSR count). The van der Waals surface area contributed by atoms with Crippen molar-refractivity contribution >= 4 is 27.7 Å². The normalized spacial score (nSPS) is 17.2. The fourth-order valence-corrected chi connectivity index (χ4v) is 9.99. The summed E-state index contributed by atoms with van der Waals surface area (Å²) < 4.78 is 26.9. The average Bonchev–Trinajstić information content (AvgIpc) is 3.91. The molecule has 15 nitrogen and oxygen atoms in total. The van der Waals surface area contributed by atoms with E-state index >= 15 is 9.18 Å². The van der Waals surface area contributed by atoms with Gasteiger partial charge in [-0.1, -0.05) is 25.1 Å². The first kappa shape index (κ1) is 39.2. The minimum atomic E-state index is -0.841. The molecule has 1 aliphatic heterocycles. The second-order valence-corrected chi connectivity index (χ2v) is 17.3. The highest BCUT2D eigenvalue weighted by Gasteiger charge is 2.59. The Morgan fingerprint density at radius 3 is 2.48 bits per heavy atom. The molecule has 3 aromatic carbocycles. The molecule has 0 unspecified atom stereocenters. The van der Waals surface area contributed by atoms with Gasteiger partial charge in [0.25, 0.3) is 5.91 Å². The number of benzene rings is 3. The highest BCUT2D eigenvalue weighted by Crippen LogP contribution is 2.56. The van der Waals surface area contributed by atoms with Gasteiger partial charge >= 0.3 is 11.4 Å². The Hall–Kier alpha value is -7.62. The number of carbonyl (C=O) groups excluding carboxylic acids is 1. The average molecular weight is 858 g/mol. The molecule has 6 aromatic heterocycles. The van der Waals surface area contributed by atoms with E-state index in [2.05, 4.69) is 58.2 Å². The quantitative estimate of drug-likeness (QED) is 0.160. The number of hydrogen-bond acceptors (Lipinski definition) is 8. The Labute approximate surface area is 364 Å². The maximum Gasteiger partial charge on any atom is 0.438 e. The lowest BCUT2D eigenvalue weighted by atomic mass is 9.98. The predicted molar refractivity (Wildman–Crippen MR) is 238 cm³/mol. The van der Waals surface area contributed by atoms with Crippen molar-refractivity contribution in [3.05, 3.63) is 157 Å². The largest absolute Gasteiger partial charge is 0.438 e. The van der Waals surface area contributed by atoms with E-state index in [1.165, 1.54) is 0 Å². The Morgan fingerprint density at radius 1 is 0.969 bits per heavy atom. The number of pyridine rings is 1. The van der Waals surface area contributed by atoms with E-state index in [0.717, 1.165) is 62.0 Å². The summed E-state index contributed by atoms with van der Waals surface area (Å²) in [6, 6.07) is 19.3. The smallest absolute Gasteiger partial charge is 0.332 e. The van der Waals surface area contributed by atoms with Gasteiger partial charge in [0.2, 0.25) is 0 Å². The highest BCUT2D eigenvalue weighted by atomic mass is 19.1. The van der Waals surface area contributed by atoms with Gasteiger partial charge in [0, 0.05) is 59.1 Å². The Kier molecular flexibility index (Phi) is 8.71. The van der Waals surface area contributed by atoms with Crippen LogP contribution in [0, 0.1) is 39.4 Å². The van der Waals surface area contributed by atoms with Crippen molar-refractivity contribution in [1.82, 2.24) is 53.7 Å². The van der Waals surface area contributed by atoms with E-state index in [0.29, 0.717) is 64.8 Å². The van der Waals surface area contributed by atoms with Crippen LogP contribution in [-0.4, -0.2) is 66.2 Å². The second kappa shape index (κ2) is 14.2. The van der Waals surface area contributed by atoms with Crippen LogP contribution < -0.4 is 11.4 Å². The maximum absolute atomic E-state index is 15.4. The number of rotatable bonds is 8. The summed E-state index contributed by atoms with van der Waals surface area (Å²) in [5.74, 6) is -0.385. The first-order chi connectivity index (χ1) is 30.9. The third-order valence-corrected chi connectivity index (χ3v) is 13.5. The molecule has 1 saturated carbocycles. The van der Waals surface area contributed by atoms with Gasteiger partial charge < -0.3 is 9.47 Å². The summed E-state index contributed by atoms with van der Waals surface area (Å²) in [6.45, 7) is 12.0. The molecular formula is C48H44FN11O4. The number of aromatic nitrogens is 10. The predicted octanol–water partition coefficient (Wildman–Crippen LogP) is 7.30.